The van der Waals surface area contributed by atoms with Crippen molar-refractivity contribution in [2.45, 2.75) is 104 Å². The van der Waals surface area contributed by atoms with Crippen molar-refractivity contribution < 1.29 is 52.8 Å². The average Bonchev–Trinajstić information content (AvgIpc) is 2.80. The molecule has 1 aromatic carbocycles. The third-order valence-corrected chi connectivity index (χ3v) is 15.9. The Morgan fingerprint density at radius 2 is 1.45 bits per heavy atom. The fraction of sp³-hybridized carbons (Fsp3) is 0.552. The van der Waals surface area contributed by atoms with Crippen molar-refractivity contribution in [1.82, 2.24) is 44.9 Å². The quantitative estimate of drug-likeness (QED) is 0.0415. The van der Waals surface area contributed by atoms with E-state index in [9.17, 15) is 33.9 Å². The molecule has 4 aromatic heterocycles. The predicted molar refractivity (Wildman–Crippen MR) is 308 cm³/mol. The number of rotatable bonds is 27. The molecule has 4 N–H and O–H groups in total. The number of fused-ring (bicyclic) bond motifs is 1. The number of anilines is 3. The molecular formula is C58H77N11O12S. The third kappa shape index (κ3) is 16.0. The summed E-state index contributed by atoms with van der Waals surface area (Å²) in [5.74, 6) is -0.860. The Hall–Kier alpha value is -6.80. The van der Waals surface area contributed by atoms with Gasteiger partial charge in [-0.25, -0.2) is 15.0 Å². The van der Waals surface area contributed by atoms with Crippen molar-refractivity contribution >= 4 is 69.2 Å². The number of aliphatic hydroxyl groups is 1. The zero-order valence-electron chi connectivity index (χ0n) is 47.8. The van der Waals surface area contributed by atoms with E-state index in [-0.39, 0.29) is 87.3 Å². The number of β-amino-alcohol motifs (C(OH)–C–C–N with tert-alkyl or cyclic N) is 1. The number of aryl methyl sites for hydroxylation is 2. The van der Waals surface area contributed by atoms with Gasteiger partial charge in [0.2, 0.25) is 29.6 Å². The minimum absolute atomic E-state index is 0.0203. The molecule has 3 atom stereocenters. The molecule has 6 heterocycles. The molecule has 5 aromatic rings. The van der Waals surface area contributed by atoms with E-state index in [2.05, 4.69) is 35.8 Å². The second-order valence-electron chi connectivity index (χ2n) is 21.9. The molecule has 0 unspecified atom stereocenters. The number of piperazine rings is 1. The SMILES string of the molecule is CC(=O)c1c(C)c2cnc(Nc3ccc(N4CCN(C(=O)COCCOCCOCCOCCOCC(=O)N[C@H](C(=O)N5C[C@H](O)C[C@H]5C(=O)NCc5ccc(-c6scnc6C)cc5)C(C)(C)C)CC4)cn3)nc2n(C2CCCC2)c1=O. The molecule has 2 saturated heterocycles. The molecule has 3 aliphatic rings. The molecule has 23 nitrogen and oxygen atoms in total. The van der Waals surface area contributed by atoms with Crippen LogP contribution in [0.25, 0.3) is 21.5 Å². The molecule has 2 aliphatic heterocycles. The number of carbonyl (C=O) groups excluding carboxylic acids is 5. The van der Waals surface area contributed by atoms with Crippen LogP contribution in [-0.4, -0.2) is 186 Å². The summed E-state index contributed by atoms with van der Waals surface area (Å²) in [6, 6.07) is 9.73. The molecule has 0 radical (unpaired) electrons. The highest BCUT2D eigenvalue weighted by Crippen LogP contribution is 2.33. The van der Waals surface area contributed by atoms with Crippen LogP contribution < -0.4 is 26.4 Å². The molecule has 442 valence electrons. The highest BCUT2D eigenvalue weighted by molar-refractivity contribution is 7.13. The molecule has 1 saturated carbocycles. The van der Waals surface area contributed by atoms with Gasteiger partial charge in [0, 0.05) is 63.3 Å². The first-order valence-corrected chi connectivity index (χ1v) is 29.0. The van der Waals surface area contributed by atoms with Gasteiger partial charge in [-0.15, -0.1) is 11.3 Å². The van der Waals surface area contributed by atoms with E-state index < -0.39 is 35.4 Å². The number of nitrogens with zero attached hydrogens (tertiary/aromatic N) is 8. The van der Waals surface area contributed by atoms with Crippen LogP contribution in [0, 0.1) is 19.3 Å². The third-order valence-electron chi connectivity index (χ3n) is 14.9. The lowest BCUT2D eigenvalue weighted by Gasteiger charge is -2.36. The Morgan fingerprint density at radius 1 is 0.805 bits per heavy atom. The number of likely N-dealkylation sites (tertiary alicyclic amines) is 1. The van der Waals surface area contributed by atoms with Crippen LogP contribution in [0.3, 0.4) is 0 Å². The lowest BCUT2D eigenvalue weighted by molar-refractivity contribution is -0.144. The molecule has 3 fully saturated rings. The number of thiazole rings is 1. The van der Waals surface area contributed by atoms with Crippen molar-refractivity contribution in [3.8, 4) is 10.4 Å². The van der Waals surface area contributed by atoms with Gasteiger partial charge >= 0.3 is 0 Å². The Morgan fingerprint density at radius 3 is 2.05 bits per heavy atom. The minimum Gasteiger partial charge on any atom is -0.391 e. The van der Waals surface area contributed by atoms with Gasteiger partial charge in [0.1, 0.15) is 36.8 Å². The van der Waals surface area contributed by atoms with Crippen molar-refractivity contribution in [2.24, 2.45) is 5.41 Å². The summed E-state index contributed by atoms with van der Waals surface area (Å²) in [6.07, 6.45) is 6.37. The second kappa shape index (κ2) is 28.9. The van der Waals surface area contributed by atoms with Crippen LogP contribution in [-0.2, 0) is 49.4 Å². The van der Waals surface area contributed by atoms with Crippen LogP contribution in [0.5, 0.6) is 0 Å². The standard InChI is InChI=1S/C58H77N11O12S/c1-37-45-32-61-57(65-53(45)69(42-9-7-8-10-42)55(75)50(37)39(3)70)63-47-16-15-43(31-59-47)66-17-19-67(20-18-66)49(73)35-81-28-26-79-24-22-77-21-23-78-25-27-80-34-48(72)64-52(58(4,5)6)56(76)68-33-44(71)29-46(68)54(74)60-30-40-11-13-41(14-12-40)51-38(2)62-36-82-51/h11-16,31-32,36,42,44,46,52,71H,7-10,17-30,33-35H2,1-6H3,(H,60,74)(H,64,72)(H,59,61,63,65)/t44-,46+,52-/m1/s1. The Kier molecular flexibility index (Phi) is 21.6. The van der Waals surface area contributed by atoms with Gasteiger partial charge in [0.15, 0.2) is 5.78 Å². The summed E-state index contributed by atoms with van der Waals surface area (Å²) >= 11 is 1.57. The number of aliphatic hydroxyl groups excluding tert-OH is 1. The number of ether oxygens (including phenoxy) is 5. The van der Waals surface area contributed by atoms with E-state index in [1.165, 1.54) is 11.8 Å². The van der Waals surface area contributed by atoms with E-state index in [1.54, 1.807) is 45.6 Å². The highest BCUT2D eigenvalue weighted by atomic mass is 32.1. The minimum atomic E-state index is -0.981. The number of benzene rings is 1. The topological polar surface area (TPSA) is 271 Å². The number of hydrogen-bond acceptors (Lipinski definition) is 19. The zero-order valence-corrected chi connectivity index (χ0v) is 48.6. The van der Waals surface area contributed by atoms with Crippen LogP contribution in [0.4, 0.5) is 17.5 Å². The molecule has 4 amide bonds. The fourth-order valence-electron chi connectivity index (χ4n) is 10.5. The van der Waals surface area contributed by atoms with Gasteiger partial charge in [0.05, 0.1) is 92.5 Å². The first-order valence-electron chi connectivity index (χ1n) is 28.1. The number of pyridine rings is 2. The van der Waals surface area contributed by atoms with Gasteiger partial charge in [-0.3, -0.25) is 33.3 Å². The molecule has 8 rings (SSSR count). The summed E-state index contributed by atoms with van der Waals surface area (Å²) in [7, 11) is 0. The first-order chi connectivity index (χ1) is 39.5. The van der Waals surface area contributed by atoms with Crippen LogP contribution in [0.2, 0.25) is 0 Å². The van der Waals surface area contributed by atoms with Crippen molar-refractivity contribution in [3.05, 3.63) is 87.0 Å². The molecule has 82 heavy (non-hydrogen) atoms. The number of hydrogen-bond donors (Lipinski definition) is 4. The predicted octanol–water partition coefficient (Wildman–Crippen LogP) is 4.53. The second-order valence-corrected chi connectivity index (χ2v) is 22.7. The number of nitrogens with one attached hydrogen (secondary N) is 3. The Labute approximate surface area is 481 Å². The first kappa shape index (κ1) is 61.3. The van der Waals surface area contributed by atoms with Crippen LogP contribution >= 0.6 is 11.3 Å². The monoisotopic (exact) mass is 1150 g/mol. The van der Waals surface area contributed by atoms with Crippen molar-refractivity contribution in [3.63, 3.8) is 0 Å². The number of amides is 4. The van der Waals surface area contributed by atoms with Crippen molar-refractivity contribution in [2.75, 3.05) is 109 Å². The summed E-state index contributed by atoms with van der Waals surface area (Å²) in [5.41, 5.74) is 5.87. The normalized spacial score (nSPS) is 17.1. The van der Waals surface area contributed by atoms with Gasteiger partial charge in [-0.05, 0) is 67.9 Å². The average molecular weight is 1150 g/mol. The molecule has 0 spiro atoms. The van der Waals surface area contributed by atoms with E-state index in [0.717, 1.165) is 53.1 Å². The molecular weight excluding hydrogens is 1070 g/mol. The number of aromatic nitrogens is 5. The lowest BCUT2D eigenvalue weighted by atomic mass is 9.85. The maximum Gasteiger partial charge on any atom is 0.263 e. The largest absolute Gasteiger partial charge is 0.391 e. The maximum absolute atomic E-state index is 14.0. The van der Waals surface area contributed by atoms with E-state index in [0.29, 0.717) is 87.6 Å². The molecule has 1 aliphatic carbocycles. The summed E-state index contributed by atoms with van der Waals surface area (Å²) < 4.78 is 29.5. The van der Waals surface area contributed by atoms with E-state index >= 15 is 0 Å². The van der Waals surface area contributed by atoms with Crippen LogP contribution in [0.1, 0.15) is 93.0 Å². The van der Waals surface area contributed by atoms with E-state index in [4.69, 9.17) is 28.7 Å². The summed E-state index contributed by atoms with van der Waals surface area (Å²) in [6.45, 7) is 15.0. The summed E-state index contributed by atoms with van der Waals surface area (Å²) in [5, 5.41) is 20.1. The molecule has 0 bridgehead atoms. The van der Waals surface area contributed by atoms with Crippen molar-refractivity contribution in [1.29, 1.82) is 0 Å². The Bertz CT molecular complexity index is 3050. The van der Waals surface area contributed by atoms with E-state index in [1.807, 2.05) is 64.1 Å². The van der Waals surface area contributed by atoms with Gasteiger partial charge < -0.3 is 59.4 Å². The fourth-order valence-corrected chi connectivity index (χ4v) is 11.3. The zero-order chi connectivity index (χ0) is 58.3. The number of ketones is 1. The van der Waals surface area contributed by atoms with Crippen LogP contribution in [0.15, 0.2) is 59.1 Å². The number of carbonyl (C=O) groups is 5. The smallest absolute Gasteiger partial charge is 0.263 e. The van der Waals surface area contributed by atoms with Gasteiger partial charge in [0.25, 0.3) is 5.56 Å². The van der Waals surface area contributed by atoms with Gasteiger partial charge in [-0.2, -0.15) is 4.98 Å². The lowest BCUT2D eigenvalue weighted by Crippen LogP contribution is -2.58. The number of Topliss-reactive ketones (excluding diaryl/α,β-unsaturated/α-hetero) is 1. The highest BCUT2D eigenvalue weighted by Gasteiger charge is 2.44. The van der Waals surface area contributed by atoms with Gasteiger partial charge in [-0.1, -0.05) is 57.9 Å². The molecule has 24 heteroatoms. The maximum atomic E-state index is 14.0. The summed E-state index contributed by atoms with van der Waals surface area (Å²) in [4.78, 5) is 104. The Balaban J connectivity index is 0.639.